The molecule has 0 aliphatic carbocycles. The van der Waals surface area contributed by atoms with Crippen LogP contribution in [-0.4, -0.2) is 16.9 Å². The third kappa shape index (κ3) is 2.53. The van der Waals surface area contributed by atoms with E-state index in [1.807, 2.05) is 43.7 Å². The molecule has 0 aliphatic rings. The van der Waals surface area contributed by atoms with Gasteiger partial charge in [-0.25, -0.2) is 0 Å². The SMILES string of the molecule is COc1cccc(NCc2cnn(C)c2)c1. The second-order valence-electron chi connectivity index (χ2n) is 3.61. The Labute approximate surface area is 94.9 Å². The van der Waals surface area contributed by atoms with E-state index in [4.69, 9.17) is 4.74 Å². The van der Waals surface area contributed by atoms with Crippen molar-refractivity contribution in [2.75, 3.05) is 12.4 Å². The fourth-order valence-corrected chi connectivity index (χ4v) is 1.50. The lowest BCUT2D eigenvalue weighted by Gasteiger charge is -2.06. The van der Waals surface area contributed by atoms with Gasteiger partial charge < -0.3 is 10.1 Å². The molecule has 0 unspecified atom stereocenters. The molecule has 1 heterocycles. The minimum Gasteiger partial charge on any atom is -0.497 e. The molecular weight excluding hydrogens is 202 g/mol. The molecule has 0 radical (unpaired) electrons. The highest BCUT2D eigenvalue weighted by Gasteiger charge is 1.97. The number of nitrogens with one attached hydrogen (secondary N) is 1. The van der Waals surface area contributed by atoms with Crippen molar-refractivity contribution in [3.63, 3.8) is 0 Å². The van der Waals surface area contributed by atoms with Crippen LogP contribution in [0.2, 0.25) is 0 Å². The second-order valence-corrected chi connectivity index (χ2v) is 3.61. The maximum absolute atomic E-state index is 5.15. The molecule has 2 rings (SSSR count). The van der Waals surface area contributed by atoms with Crippen molar-refractivity contribution in [1.29, 1.82) is 0 Å². The van der Waals surface area contributed by atoms with Gasteiger partial charge in [0.2, 0.25) is 0 Å². The first-order valence-electron chi connectivity index (χ1n) is 5.13. The van der Waals surface area contributed by atoms with E-state index in [1.54, 1.807) is 11.8 Å². The van der Waals surface area contributed by atoms with Gasteiger partial charge in [-0.2, -0.15) is 5.10 Å². The third-order valence-electron chi connectivity index (χ3n) is 2.32. The van der Waals surface area contributed by atoms with E-state index in [1.165, 1.54) is 0 Å². The molecule has 0 saturated carbocycles. The van der Waals surface area contributed by atoms with Crippen molar-refractivity contribution < 1.29 is 4.74 Å². The van der Waals surface area contributed by atoms with E-state index in [2.05, 4.69) is 10.4 Å². The molecule has 0 fully saturated rings. The normalized spacial score (nSPS) is 10.1. The molecule has 84 valence electrons. The monoisotopic (exact) mass is 217 g/mol. The lowest BCUT2D eigenvalue weighted by Crippen LogP contribution is -1.98. The Morgan fingerprint density at radius 3 is 3.00 bits per heavy atom. The molecule has 0 amide bonds. The summed E-state index contributed by atoms with van der Waals surface area (Å²) in [4.78, 5) is 0. The van der Waals surface area contributed by atoms with Crippen LogP contribution in [-0.2, 0) is 13.6 Å². The third-order valence-corrected chi connectivity index (χ3v) is 2.32. The Balaban J connectivity index is 1.99. The standard InChI is InChI=1S/C12H15N3O/c1-15-9-10(8-14-15)7-13-11-4-3-5-12(6-11)16-2/h3-6,8-9,13H,7H2,1-2H3. The van der Waals surface area contributed by atoms with E-state index >= 15 is 0 Å². The lowest BCUT2D eigenvalue weighted by molar-refractivity contribution is 0.415. The maximum atomic E-state index is 5.15. The molecule has 1 N–H and O–H groups in total. The topological polar surface area (TPSA) is 39.1 Å². The van der Waals surface area contributed by atoms with Gasteiger partial charge in [-0.15, -0.1) is 0 Å². The Bertz CT molecular complexity index is 465. The number of ether oxygens (including phenoxy) is 1. The zero-order valence-electron chi connectivity index (χ0n) is 9.47. The van der Waals surface area contributed by atoms with Crippen molar-refractivity contribution in [2.45, 2.75) is 6.54 Å². The van der Waals surface area contributed by atoms with Crippen LogP contribution in [0.15, 0.2) is 36.7 Å². The number of anilines is 1. The molecule has 0 atom stereocenters. The fourth-order valence-electron chi connectivity index (χ4n) is 1.50. The summed E-state index contributed by atoms with van der Waals surface area (Å²) in [6.45, 7) is 0.765. The quantitative estimate of drug-likeness (QED) is 0.851. The first kappa shape index (κ1) is 10.5. The maximum Gasteiger partial charge on any atom is 0.120 e. The van der Waals surface area contributed by atoms with Gasteiger partial charge in [0, 0.05) is 37.1 Å². The zero-order chi connectivity index (χ0) is 11.4. The van der Waals surface area contributed by atoms with Gasteiger partial charge in [-0.1, -0.05) is 6.07 Å². The minimum absolute atomic E-state index is 0.765. The van der Waals surface area contributed by atoms with Gasteiger partial charge in [0.1, 0.15) is 5.75 Å². The summed E-state index contributed by atoms with van der Waals surface area (Å²) in [5, 5.41) is 7.43. The molecule has 0 aliphatic heterocycles. The highest BCUT2D eigenvalue weighted by atomic mass is 16.5. The summed E-state index contributed by atoms with van der Waals surface area (Å²) in [5.74, 6) is 0.858. The molecule has 1 aromatic heterocycles. The minimum atomic E-state index is 0.765. The summed E-state index contributed by atoms with van der Waals surface area (Å²) >= 11 is 0. The highest BCUT2D eigenvalue weighted by Crippen LogP contribution is 2.17. The molecule has 0 saturated heterocycles. The average Bonchev–Trinajstić information content (AvgIpc) is 2.73. The van der Waals surface area contributed by atoms with E-state index in [-0.39, 0.29) is 0 Å². The Morgan fingerprint density at radius 2 is 2.31 bits per heavy atom. The van der Waals surface area contributed by atoms with E-state index in [0.717, 1.165) is 23.5 Å². The van der Waals surface area contributed by atoms with Gasteiger partial charge >= 0.3 is 0 Å². The van der Waals surface area contributed by atoms with Crippen molar-refractivity contribution >= 4 is 5.69 Å². The van der Waals surface area contributed by atoms with E-state index < -0.39 is 0 Å². The van der Waals surface area contributed by atoms with Crippen LogP contribution in [0.3, 0.4) is 0 Å². The Hall–Kier alpha value is -1.97. The van der Waals surface area contributed by atoms with Crippen molar-refractivity contribution in [3.8, 4) is 5.75 Å². The van der Waals surface area contributed by atoms with Crippen LogP contribution in [0, 0.1) is 0 Å². The van der Waals surface area contributed by atoms with Crippen LogP contribution in [0.1, 0.15) is 5.56 Å². The van der Waals surface area contributed by atoms with Crippen molar-refractivity contribution in [2.24, 2.45) is 7.05 Å². The summed E-state index contributed by atoms with van der Waals surface area (Å²) in [6.07, 6.45) is 3.85. The van der Waals surface area contributed by atoms with Crippen molar-refractivity contribution in [3.05, 3.63) is 42.2 Å². The lowest BCUT2D eigenvalue weighted by atomic mass is 10.3. The summed E-state index contributed by atoms with van der Waals surface area (Å²) in [7, 11) is 3.58. The van der Waals surface area contributed by atoms with E-state index in [9.17, 15) is 0 Å². The molecule has 4 heteroatoms. The smallest absolute Gasteiger partial charge is 0.120 e. The summed E-state index contributed by atoms with van der Waals surface area (Å²) in [6, 6.07) is 7.87. The number of aromatic nitrogens is 2. The predicted molar refractivity (Wildman–Crippen MR) is 63.5 cm³/mol. The first-order valence-corrected chi connectivity index (χ1v) is 5.13. The van der Waals surface area contributed by atoms with Crippen LogP contribution in [0.5, 0.6) is 5.75 Å². The average molecular weight is 217 g/mol. The first-order chi connectivity index (χ1) is 7.78. The number of nitrogens with zero attached hydrogens (tertiary/aromatic N) is 2. The number of hydrogen-bond acceptors (Lipinski definition) is 3. The van der Waals surface area contributed by atoms with Gasteiger partial charge in [-0.05, 0) is 12.1 Å². The number of methoxy groups -OCH3 is 1. The zero-order valence-corrected chi connectivity index (χ0v) is 9.47. The van der Waals surface area contributed by atoms with E-state index in [0.29, 0.717) is 0 Å². The molecule has 1 aromatic carbocycles. The van der Waals surface area contributed by atoms with Crippen LogP contribution < -0.4 is 10.1 Å². The molecule has 16 heavy (non-hydrogen) atoms. The summed E-state index contributed by atoms with van der Waals surface area (Å²) < 4.78 is 6.95. The second kappa shape index (κ2) is 4.70. The van der Waals surface area contributed by atoms with Gasteiger partial charge in [0.15, 0.2) is 0 Å². The Kier molecular flexibility index (Phi) is 3.10. The highest BCUT2D eigenvalue weighted by molar-refractivity contribution is 5.48. The number of benzene rings is 1. The fraction of sp³-hybridized carbons (Fsp3) is 0.250. The van der Waals surface area contributed by atoms with Crippen LogP contribution >= 0.6 is 0 Å². The summed E-state index contributed by atoms with van der Waals surface area (Å²) in [5.41, 5.74) is 2.20. The number of aryl methyl sites for hydroxylation is 1. The molecular formula is C12H15N3O. The molecule has 0 spiro atoms. The van der Waals surface area contributed by atoms with Crippen LogP contribution in [0.4, 0.5) is 5.69 Å². The predicted octanol–water partition coefficient (Wildman–Crippen LogP) is 2.04. The molecule has 2 aromatic rings. The number of rotatable bonds is 4. The van der Waals surface area contributed by atoms with Gasteiger partial charge in [0.25, 0.3) is 0 Å². The van der Waals surface area contributed by atoms with Crippen molar-refractivity contribution in [1.82, 2.24) is 9.78 Å². The Morgan fingerprint density at radius 1 is 1.44 bits per heavy atom. The van der Waals surface area contributed by atoms with Crippen LogP contribution in [0.25, 0.3) is 0 Å². The molecule has 4 nitrogen and oxygen atoms in total. The van der Waals surface area contributed by atoms with Gasteiger partial charge in [0.05, 0.1) is 13.3 Å². The number of hydrogen-bond donors (Lipinski definition) is 1. The molecule has 0 bridgehead atoms. The van der Waals surface area contributed by atoms with Gasteiger partial charge in [-0.3, -0.25) is 4.68 Å². The largest absolute Gasteiger partial charge is 0.497 e.